The van der Waals surface area contributed by atoms with Crippen LogP contribution in [-0.2, 0) is 19.1 Å². The Morgan fingerprint density at radius 3 is 2.47 bits per heavy atom. The van der Waals surface area contributed by atoms with Crippen molar-refractivity contribution in [3.8, 4) is 0 Å². The van der Waals surface area contributed by atoms with Crippen LogP contribution in [0.15, 0.2) is 0 Å². The van der Waals surface area contributed by atoms with Crippen LogP contribution in [0.5, 0.6) is 0 Å². The number of esters is 1. The van der Waals surface area contributed by atoms with Gasteiger partial charge in [0.25, 0.3) is 0 Å². The van der Waals surface area contributed by atoms with E-state index in [1.165, 1.54) is 0 Å². The molecule has 0 aromatic carbocycles. The van der Waals surface area contributed by atoms with Gasteiger partial charge in [0.15, 0.2) is 5.60 Å². The van der Waals surface area contributed by atoms with Crippen molar-refractivity contribution in [1.82, 2.24) is 0 Å². The van der Waals surface area contributed by atoms with E-state index in [-0.39, 0.29) is 11.8 Å². The van der Waals surface area contributed by atoms with Crippen LogP contribution < -0.4 is 0 Å². The van der Waals surface area contributed by atoms with Gasteiger partial charge in [0.2, 0.25) is 0 Å². The summed E-state index contributed by atoms with van der Waals surface area (Å²) in [7, 11) is 0. The number of ketones is 1. The summed E-state index contributed by atoms with van der Waals surface area (Å²) in [5.74, 6) is -0.0815. The lowest BCUT2D eigenvalue weighted by atomic mass is 9.84. The number of unbranched alkanes of at least 4 members (excludes halogenated alkanes) is 1. The molecule has 1 saturated carbocycles. The van der Waals surface area contributed by atoms with Crippen molar-refractivity contribution in [2.75, 3.05) is 13.2 Å². The summed E-state index contributed by atoms with van der Waals surface area (Å²) in [5, 5.41) is 0. The highest BCUT2D eigenvalue weighted by molar-refractivity contribution is 5.86. The molecule has 0 spiro atoms. The second-order valence-electron chi connectivity index (χ2n) is 4.46. The predicted octanol–water partition coefficient (Wildman–Crippen LogP) is 2.25. The Morgan fingerprint density at radius 2 is 1.94 bits per heavy atom. The summed E-state index contributed by atoms with van der Waals surface area (Å²) < 4.78 is 10.8. The normalized spacial score (nSPS) is 19.1. The highest BCUT2D eigenvalue weighted by Crippen LogP contribution is 2.31. The van der Waals surface area contributed by atoms with Crippen LogP contribution in [0, 0.1) is 0 Å². The van der Waals surface area contributed by atoms with E-state index < -0.39 is 5.60 Å². The minimum Gasteiger partial charge on any atom is -0.464 e. The van der Waals surface area contributed by atoms with Gasteiger partial charge in [-0.2, -0.15) is 0 Å². The number of hydrogen-bond donors (Lipinski definition) is 0. The van der Waals surface area contributed by atoms with E-state index in [0.29, 0.717) is 38.9 Å². The summed E-state index contributed by atoms with van der Waals surface area (Å²) in [6, 6.07) is 0. The summed E-state index contributed by atoms with van der Waals surface area (Å²) in [6.07, 6.45) is 3.63. The standard InChI is InChI=1S/C13H22O4/c1-3-5-10-16-12(15)13(17-4-2)8-6-11(14)7-9-13/h3-10H2,1-2H3. The number of ether oxygens (including phenoxy) is 2. The number of carbonyl (C=O) groups is 2. The predicted molar refractivity (Wildman–Crippen MR) is 63.7 cm³/mol. The maximum absolute atomic E-state index is 12.0. The van der Waals surface area contributed by atoms with Gasteiger partial charge >= 0.3 is 5.97 Å². The Labute approximate surface area is 103 Å². The van der Waals surface area contributed by atoms with Gasteiger partial charge in [-0.3, -0.25) is 4.79 Å². The van der Waals surface area contributed by atoms with E-state index >= 15 is 0 Å². The van der Waals surface area contributed by atoms with Crippen molar-refractivity contribution in [1.29, 1.82) is 0 Å². The van der Waals surface area contributed by atoms with Gasteiger partial charge in [-0.25, -0.2) is 4.79 Å². The highest BCUT2D eigenvalue weighted by atomic mass is 16.6. The van der Waals surface area contributed by atoms with Crippen molar-refractivity contribution in [2.24, 2.45) is 0 Å². The van der Waals surface area contributed by atoms with Crippen LogP contribution in [0.25, 0.3) is 0 Å². The molecule has 0 saturated heterocycles. The van der Waals surface area contributed by atoms with Gasteiger partial charge in [-0.05, 0) is 26.2 Å². The first-order valence-corrected chi connectivity index (χ1v) is 6.47. The SMILES string of the molecule is CCCCOC(=O)C1(OCC)CCC(=O)CC1. The molecule has 0 atom stereocenters. The molecule has 0 bridgehead atoms. The molecular weight excluding hydrogens is 220 g/mol. The van der Waals surface area contributed by atoms with Gasteiger partial charge in [-0.1, -0.05) is 13.3 Å². The maximum atomic E-state index is 12.0. The van der Waals surface area contributed by atoms with Crippen molar-refractivity contribution in [2.45, 2.75) is 58.0 Å². The third-order valence-corrected chi connectivity index (χ3v) is 3.14. The average molecular weight is 242 g/mol. The Kier molecular flexibility index (Phi) is 5.62. The topological polar surface area (TPSA) is 52.6 Å². The molecule has 17 heavy (non-hydrogen) atoms. The van der Waals surface area contributed by atoms with E-state index in [4.69, 9.17) is 9.47 Å². The molecule has 1 rings (SSSR count). The Hall–Kier alpha value is -0.900. The summed E-state index contributed by atoms with van der Waals surface area (Å²) in [4.78, 5) is 23.3. The van der Waals surface area contributed by atoms with E-state index in [2.05, 4.69) is 0 Å². The lowest BCUT2D eigenvalue weighted by Gasteiger charge is -2.33. The molecular formula is C13H22O4. The lowest BCUT2D eigenvalue weighted by Crippen LogP contribution is -2.46. The maximum Gasteiger partial charge on any atom is 0.338 e. The van der Waals surface area contributed by atoms with Crippen molar-refractivity contribution in [3.63, 3.8) is 0 Å². The Balaban J connectivity index is 2.57. The second-order valence-corrected chi connectivity index (χ2v) is 4.46. The molecule has 0 unspecified atom stereocenters. The molecule has 0 heterocycles. The first-order valence-electron chi connectivity index (χ1n) is 6.47. The number of hydrogen-bond acceptors (Lipinski definition) is 4. The Bertz CT molecular complexity index is 263. The number of carbonyl (C=O) groups excluding carboxylic acids is 2. The van der Waals surface area contributed by atoms with Gasteiger partial charge in [-0.15, -0.1) is 0 Å². The van der Waals surface area contributed by atoms with Crippen LogP contribution in [0.2, 0.25) is 0 Å². The number of rotatable bonds is 6. The van der Waals surface area contributed by atoms with Crippen molar-refractivity contribution >= 4 is 11.8 Å². The molecule has 98 valence electrons. The fourth-order valence-corrected chi connectivity index (χ4v) is 2.06. The molecule has 4 nitrogen and oxygen atoms in total. The highest BCUT2D eigenvalue weighted by Gasteiger charge is 2.43. The van der Waals surface area contributed by atoms with E-state index in [1.54, 1.807) is 0 Å². The van der Waals surface area contributed by atoms with Crippen LogP contribution in [0.1, 0.15) is 52.4 Å². The summed E-state index contributed by atoms with van der Waals surface area (Å²) in [5.41, 5.74) is -0.865. The molecule has 4 heteroatoms. The Morgan fingerprint density at radius 1 is 1.29 bits per heavy atom. The smallest absolute Gasteiger partial charge is 0.338 e. The van der Waals surface area contributed by atoms with E-state index in [1.807, 2.05) is 13.8 Å². The third-order valence-electron chi connectivity index (χ3n) is 3.14. The van der Waals surface area contributed by atoms with Gasteiger partial charge < -0.3 is 9.47 Å². The van der Waals surface area contributed by atoms with Gasteiger partial charge in [0, 0.05) is 19.4 Å². The first kappa shape index (κ1) is 14.2. The summed E-state index contributed by atoms with van der Waals surface area (Å²) >= 11 is 0. The van der Waals surface area contributed by atoms with Crippen LogP contribution >= 0.6 is 0 Å². The summed E-state index contributed by atoms with van der Waals surface area (Å²) in [6.45, 7) is 4.82. The fraction of sp³-hybridized carbons (Fsp3) is 0.846. The average Bonchev–Trinajstić information content (AvgIpc) is 2.33. The van der Waals surface area contributed by atoms with E-state index in [9.17, 15) is 9.59 Å². The van der Waals surface area contributed by atoms with Crippen molar-refractivity contribution in [3.05, 3.63) is 0 Å². The van der Waals surface area contributed by atoms with E-state index in [0.717, 1.165) is 12.8 Å². The largest absolute Gasteiger partial charge is 0.464 e. The monoisotopic (exact) mass is 242 g/mol. The molecule has 1 aliphatic carbocycles. The quantitative estimate of drug-likeness (QED) is 0.529. The molecule has 0 aliphatic heterocycles. The van der Waals surface area contributed by atoms with Crippen LogP contribution in [0.4, 0.5) is 0 Å². The minimum absolute atomic E-state index is 0.210. The first-order chi connectivity index (χ1) is 8.14. The number of Topliss-reactive ketones (excluding diaryl/α,β-unsaturated/α-hetero) is 1. The zero-order valence-corrected chi connectivity index (χ0v) is 10.8. The zero-order valence-electron chi connectivity index (χ0n) is 10.8. The molecule has 0 amide bonds. The fourth-order valence-electron chi connectivity index (χ4n) is 2.06. The molecule has 0 N–H and O–H groups in total. The van der Waals surface area contributed by atoms with Gasteiger partial charge in [0.1, 0.15) is 5.78 Å². The molecule has 1 fully saturated rings. The molecule has 1 aliphatic rings. The van der Waals surface area contributed by atoms with Gasteiger partial charge in [0.05, 0.1) is 6.61 Å². The second kappa shape index (κ2) is 6.74. The lowest BCUT2D eigenvalue weighted by molar-refractivity contribution is -0.177. The molecule has 0 aromatic heterocycles. The van der Waals surface area contributed by atoms with Crippen LogP contribution in [-0.4, -0.2) is 30.6 Å². The molecule has 0 aromatic rings. The third kappa shape index (κ3) is 3.80. The van der Waals surface area contributed by atoms with Crippen molar-refractivity contribution < 1.29 is 19.1 Å². The zero-order chi connectivity index (χ0) is 12.7. The van der Waals surface area contributed by atoms with Crippen LogP contribution in [0.3, 0.4) is 0 Å². The minimum atomic E-state index is -0.865. The molecule has 0 radical (unpaired) electrons.